The highest BCUT2D eigenvalue weighted by Crippen LogP contribution is 2.38. The Hall–Kier alpha value is -2.18. The van der Waals surface area contributed by atoms with Crippen molar-refractivity contribution in [3.05, 3.63) is 17.8 Å². The first-order valence-corrected chi connectivity index (χ1v) is 7.70. The molecule has 2 fully saturated rings. The van der Waals surface area contributed by atoms with Crippen molar-refractivity contribution in [2.45, 2.75) is 57.7 Å². The van der Waals surface area contributed by atoms with Gasteiger partial charge in [-0.2, -0.15) is 5.10 Å². The number of carbonyl (C=O) groups is 2. The lowest BCUT2D eigenvalue weighted by Crippen LogP contribution is -2.65. The lowest BCUT2D eigenvalue weighted by molar-refractivity contribution is -0.129. The molecule has 2 N–H and O–H groups in total. The van der Waals surface area contributed by atoms with Crippen molar-refractivity contribution in [1.82, 2.24) is 20.4 Å². The van der Waals surface area contributed by atoms with E-state index in [9.17, 15) is 9.59 Å². The zero-order valence-electron chi connectivity index (χ0n) is 13.0. The molecule has 0 unspecified atom stereocenters. The van der Waals surface area contributed by atoms with Crippen molar-refractivity contribution in [2.75, 3.05) is 5.32 Å². The second kappa shape index (κ2) is 5.55. The first-order valence-electron chi connectivity index (χ1n) is 7.70. The van der Waals surface area contributed by atoms with E-state index in [2.05, 4.69) is 20.8 Å². The Labute approximate surface area is 129 Å². The molecule has 1 aliphatic heterocycles. The molecule has 1 aliphatic carbocycles. The van der Waals surface area contributed by atoms with Crippen LogP contribution in [-0.4, -0.2) is 45.2 Å². The van der Waals surface area contributed by atoms with Gasteiger partial charge in [-0.1, -0.05) is 0 Å². The zero-order chi connectivity index (χ0) is 15.9. The van der Waals surface area contributed by atoms with Crippen LogP contribution in [0.3, 0.4) is 0 Å². The van der Waals surface area contributed by atoms with Gasteiger partial charge < -0.3 is 10.2 Å². The van der Waals surface area contributed by atoms with Crippen LogP contribution in [-0.2, 0) is 4.79 Å². The van der Waals surface area contributed by atoms with E-state index in [0.717, 1.165) is 18.5 Å². The van der Waals surface area contributed by atoms with Crippen LogP contribution in [0, 0.1) is 0 Å². The Kier molecular flexibility index (Phi) is 3.72. The third kappa shape index (κ3) is 2.75. The standard InChI is InChI=1S/C15H21N5O2/c1-8-9(2)20(10(3)14(21)16-8)15(22)17-13-7-6-12(18-19-13)11-4-5-11/h6-11H,4-5H2,1-3H3,(H,16,21)(H,17,19,22)/t8-,9-,10-/m0/s1. The number of piperazine rings is 1. The Morgan fingerprint density at radius 1 is 1.27 bits per heavy atom. The number of aromatic nitrogens is 2. The lowest BCUT2D eigenvalue weighted by Gasteiger charge is -2.41. The molecule has 0 radical (unpaired) electrons. The van der Waals surface area contributed by atoms with Gasteiger partial charge in [-0.15, -0.1) is 5.10 Å². The van der Waals surface area contributed by atoms with Gasteiger partial charge in [0.05, 0.1) is 11.7 Å². The number of hydrogen-bond acceptors (Lipinski definition) is 4. The van der Waals surface area contributed by atoms with E-state index in [1.54, 1.807) is 17.9 Å². The zero-order valence-corrected chi connectivity index (χ0v) is 13.0. The van der Waals surface area contributed by atoms with Crippen LogP contribution in [0.15, 0.2) is 12.1 Å². The van der Waals surface area contributed by atoms with Crippen LogP contribution in [0.4, 0.5) is 10.6 Å². The van der Waals surface area contributed by atoms with Crippen molar-refractivity contribution < 1.29 is 9.59 Å². The molecule has 1 aromatic heterocycles. The maximum atomic E-state index is 12.5. The Morgan fingerprint density at radius 3 is 2.59 bits per heavy atom. The van der Waals surface area contributed by atoms with E-state index in [1.807, 2.05) is 19.9 Å². The van der Waals surface area contributed by atoms with E-state index in [4.69, 9.17) is 0 Å². The van der Waals surface area contributed by atoms with Crippen molar-refractivity contribution >= 4 is 17.8 Å². The summed E-state index contributed by atoms with van der Waals surface area (Å²) in [5.74, 6) is 0.798. The second-order valence-electron chi connectivity index (χ2n) is 6.17. The van der Waals surface area contributed by atoms with Gasteiger partial charge in [-0.25, -0.2) is 4.79 Å². The van der Waals surface area contributed by atoms with Gasteiger partial charge in [-0.05, 0) is 45.7 Å². The fraction of sp³-hybridized carbons (Fsp3) is 0.600. The van der Waals surface area contributed by atoms with E-state index in [1.165, 1.54) is 0 Å². The molecule has 2 heterocycles. The molecule has 3 rings (SSSR count). The normalized spacial score (nSPS) is 28.2. The van der Waals surface area contributed by atoms with E-state index >= 15 is 0 Å². The lowest BCUT2D eigenvalue weighted by atomic mass is 10.0. The van der Waals surface area contributed by atoms with Crippen molar-refractivity contribution in [2.24, 2.45) is 0 Å². The van der Waals surface area contributed by atoms with Crippen LogP contribution in [0.5, 0.6) is 0 Å². The van der Waals surface area contributed by atoms with Crippen LogP contribution >= 0.6 is 0 Å². The molecule has 7 heteroatoms. The molecule has 1 aromatic rings. The molecule has 22 heavy (non-hydrogen) atoms. The highest BCUT2D eigenvalue weighted by molar-refractivity contribution is 5.94. The van der Waals surface area contributed by atoms with Gasteiger partial charge in [0.2, 0.25) is 5.91 Å². The summed E-state index contributed by atoms with van der Waals surface area (Å²) in [6.07, 6.45) is 2.33. The summed E-state index contributed by atoms with van der Waals surface area (Å²) < 4.78 is 0. The van der Waals surface area contributed by atoms with Crippen molar-refractivity contribution in [3.8, 4) is 0 Å². The van der Waals surface area contributed by atoms with Crippen LogP contribution in [0.1, 0.15) is 45.2 Å². The average molecular weight is 303 g/mol. The summed E-state index contributed by atoms with van der Waals surface area (Å²) in [6, 6.07) is 2.66. The summed E-state index contributed by atoms with van der Waals surface area (Å²) in [5.41, 5.74) is 0.978. The summed E-state index contributed by atoms with van der Waals surface area (Å²) >= 11 is 0. The summed E-state index contributed by atoms with van der Waals surface area (Å²) in [5, 5.41) is 13.8. The second-order valence-corrected chi connectivity index (χ2v) is 6.17. The number of nitrogens with one attached hydrogen (secondary N) is 2. The quantitative estimate of drug-likeness (QED) is 0.866. The van der Waals surface area contributed by atoms with Gasteiger partial charge >= 0.3 is 6.03 Å². The van der Waals surface area contributed by atoms with Crippen LogP contribution < -0.4 is 10.6 Å². The molecule has 1 saturated carbocycles. The van der Waals surface area contributed by atoms with Crippen molar-refractivity contribution in [3.63, 3.8) is 0 Å². The van der Waals surface area contributed by atoms with Gasteiger partial charge in [0.15, 0.2) is 5.82 Å². The molecule has 3 atom stereocenters. The fourth-order valence-corrected chi connectivity index (χ4v) is 2.73. The third-order valence-electron chi connectivity index (χ3n) is 4.48. The van der Waals surface area contributed by atoms with E-state index < -0.39 is 6.04 Å². The SMILES string of the molecule is C[C@@H]1NC(=O)[C@H](C)N(C(=O)Nc2ccc(C3CC3)nn2)[C@H]1C. The van der Waals surface area contributed by atoms with Gasteiger partial charge in [0.25, 0.3) is 0 Å². The van der Waals surface area contributed by atoms with Gasteiger partial charge in [0.1, 0.15) is 6.04 Å². The molecule has 1 saturated heterocycles. The number of anilines is 1. The maximum absolute atomic E-state index is 12.5. The molecule has 0 aromatic carbocycles. The number of amides is 3. The summed E-state index contributed by atoms with van der Waals surface area (Å²) in [4.78, 5) is 25.9. The van der Waals surface area contributed by atoms with E-state index in [-0.39, 0.29) is 24.0 Å². The number of carbonyl (C=O) groups excluding carboxylic acids is 2. The predicted molar refractivity (Wildman–Crippen MR) is 81.4 cm³/mol. The molecule has 3 amide bonds. The average Bonchev–Trinajstić information content (AvgIpc) is 3.31. The minimum atomic E-state index is -0.509. The third-order valence-corrected chi connectivity index (χ3v) is 4.48. The van der Waals surface area contributed by atoms with Gasteiger partial charge in [0, 0.05) is 12.0 Å². The Balaban J connectivity index is 1.70. The molecular weight excluding hydrogens is 282 g/mol. The molecule has 7 nitrogen and oxygen atoms in total. The smallest absolute Gasteiger partial charge is 0.324 e. The molecule has 0 spiro atoms. The van der Waals surface area contributed by atoms with Crippen molar-refractivity contribution in [1.29, 1.82) is 0 Å². The number of rotatable bonds is 2. The minimum absolute atomic E-state index is 0.0854. The predicted octanol–water partition coefficient (Wildman–Crippen LogP) is 1.48. The van der Waals surface area contributed by atoms with Crippen LogP contribution in [0.25, 0.3) is 0 Å². The highest BCUT2D eigenvalue weighted by atomic mass is 16.2. The minimum Gasteiger partial charge on any atom is -0.350 e. The maximum Gasteiger partial charge on any atom is 0.324 e. The number of hydrogen-bond donors (Lipinski definition) is 2. The summed E-state index contributed by atoms with van der Waals surface area (Å²) in [7, 11) is 0. The Bertz CT molecular complexity index is 584. The monoisotopic (exact) mass is 303 g/mol. The number of nitrogens with zero attached hydrogens (tertiary/aromatic N) is 3. The van der Waals surface area contributed by atoms with E-state index in [0.29, 0.717) is 11.7 Å². The van der Waals surface area contributed by atoms with Gasteiger partial charge in [-0.3, -0.25) is 10.1 Å². The molecule has 2 aliphatic rings. The fourth-order valence-electron chi connectivity index (χ4n) is 2.73. The molecular formula is C15H21N5O2. The Morgan fingerprint density at radius 2 is 2.00 bits per heavy atom. The van der Waals surface area contributed by atoms with Crippen LogP contribution in [0.2, 0.25) is 0 Å². The first kappa shape index (κ1) is 14.7. The summed E-state index contributed by atoms with van der Waals surface area (Å²) in [6.45, 7) is 5.53. The molecule has 118 valence electrons. The number of urea groups is 1. The topological polar surface area (TPSA) is 87.2 Å². The highest BCUT2D eigenvalue weighted by Gasteiger charge is 2.38. The first-order chi connectivity index (χ1) is 10.5. The largest absolute Gasteiger partial charge is 0.350 e. The molecule has 0 bridgehead atoms.